The van der Waals surface area contributed by atoms with E-state index in [4.69, 9.17) is 18.9 Å². The summed E-state index contributed by atoms with van der Waals surface area (Å²) in [6.45, 7) is 10.6. The molecular weight excluding hydrogens is 1480 g/mol. The quantitative estimate of drug-likeness (QED) is 0.0180. The van der Waals surface area contributed by atoms with Crippen LogP contribution in [0.15, 0.2) is 176 Å². The van der Waals surface area contributed by atoms with Crippen LogP contribution in [0.1, 0.15) is 140 Å². The number of phenols is 1. The van der Waals surface area contributed by atoms with Crippen molar-refractivity contribution < 1.29 is 90.8 Å². The zero-order valence-electron chi connectivity index (χ0n) is 58.6. The van der Waals surface area contributed by atoms with Gasteiger partial charge >= 0.3 is 41.6 Å². The van der Waals surface area contributed by atoms with E-state index in [1.807, 2.05) is 111 Å². The van der Waals surface area contributed by atoms with Gasteiger partial charge in [0.15, 0.2) is 11.5 Å². The molecule has 7 aromatic rings. The number of hydrogen-bond acceptors (Lipinski definition) is 11. The van der Waals surface area contributed by atoms with Crippen LogP contribution in [0.4, 0.5) is 39.5 Å². The first-order chi connectivity index (χ1) is 48.2. The van der Waals surface area contributed by atoms with Crippen LogP contribution in [0.25, 0.3) is 0 Å². The molecule has 3 fully saturated rings. The molecule has 0 aromatic heterocycles. The van der Waals surface area contributed by atoms with Crippen molar-refractivity contribution in [3.05, 3.63) is 227 Å². The van der Waals surface area contributed by atoms with Gasteiger partial charge in [-0.15, -0.1) is 0 Å². The van der Waals surface area contributed by atoms with Crippen LogP contribution < -0.4 is 35.9 Å². The number of likely N-dealkylation sites (tertiary alicyclic amines) is 1. The number of phenolic OH excluding ortho intramolecular Hbond substituents is 1. The Labute approximate surface area is 635 Å². The van der Waals surface area contributed by atoms with E-state index in [9.17, 15) is 54.8 Å². The zero-order chi connectivity index (χ0) is 72.2. The Morgan fingerprint density at radius 2 is 0.961 bits per heavy atom. The largest absolute Gasteiger partial charge is 2.00 e. The second-order valence-corrected chi connectivity index (χ2v) is 28.5. The first-order valence-electron chi connectivity index (χ1n) is 35.0. The number of benzene rings is 7. The van der Waals surface area contributed by atoms with Gasteiger partial charge in [0, 0.05) is 62.4 Å². The molecular formula is C80H93Br2F9MgN4O7. The third-order valence-corrected chi connectivity index (χ3v) is 21.1. The Morgan fingerprint density at radius 3 is 1.35 bits per heavy atom. The first kappa shape index (κ1) is 83.0. The van der Waals surface area contributed by atoms with Crippen molar-refractivity contribution in [1.82, 2.24) is 19.6 Å². The predicted octanol–water partition coefficient (Wildman–Crippen LogP) is 14.6. The molecule has 1 spiro atoms. The van der Waals surface area contributed by atoms with Crippen LogP contribution in [-0.4, -0.2) is 160 Å². The van der Waals surface area contributed by atoms with E-state index in [-0.39, 0.29) is 70.1 Å². The summed E-state index contributed by atoms with van der Waals surface area (Å²) in [6, 6.07) is 47.3. The van der Waals surface area contributed by atoms with Crippen molar-refractivity contribution in [1.29, 1.82) is 0 Å². The molecule has 4 unspecified atom stereocenters. The van der Waals surface area contributed by atoms with Gasteiger partial charge in [0.2, 0.25) is 0 Å². The van der Waals surface area contributed by atoms with Crippen LogP contribution in [0.3, 0.4) is 0 Å². The van der Waals surface area contributed by atoms with Gasteiger partial charge in [0.25, 0.3) is 0 Å². The van der Waals surface area contributed by atoms with Crippen molar-refractivity contribution in [3.8, 4) is 28.7 Å². The summed E-state index contributed by atoms with van der Waals surface area (Å²) in [5, 5.41) is 37.1. The molecule has 8 atom stereocenters. The fraction of sp³-hybridized carbons (Fsp3) is 0.463. The van der Waals surface area contributed by atoms with Crippen molar-refractivity contribution in [3.63, 3.8) is 0 Å². The molecule has 23 heteroatoms. The van der Waals surface area contributed by atoms with Gasteiger partial charge in [0.05, 0.1) is 27.7 Å². The van der Waals surface area contributed by atoms with Gasteiger partial charge in [-0.1, -0.05) is 113 Å². The van der Waals surface area contributed by atoms with Gasteiger partial charge in [-0.25, -0.2) is 0 Å². The Kier molecular flexibility index (Phi) is 29.7. The van der Waals surface area contributed by atoms with E-state index >= 15 is 0 Å². The summed E-state index contributed by atoms with van der Waals surface area (Å²) in [7, 11) is 6.10. The first-order valence-corrected chi connectivity index (χ1v) is 36.1. The third-order valence-electron chi connectivity index (χ3n) is 20.5. The maximum atomic E-state index is 13.1. The minimum Gasteiger partial charge on any atom is -1.00 e. The molecule has 554 valence electrons. The fourth-order valence-electron chi connectivity index (χ4n) is 15.0. The molecule has 103 heavy (non-hydrogen) atoms. The normalized spacial score (nSPS) is 21.3. The minimum absolute atomic E-state index is 0. The van der Waals surface area contributed by atoms with Gasteiger partial charge in [-0.2, -0.15) is 45.9 Å². The number of nitrogens with zero attached hydrogens (tertiary/aromatic N) is 4. The number of piperidine rings is 1. The van der Waals surface area contributed by atoms with Crippen LogP contribution in [0.5, 0.6) is 28.7 Å². The van der Waals surface area contributed by atoms with Crippen molar-refractivity contribution in [2.75, 3.05) is 78.8 Å². The summed E-state index contributed by atoms with van der Waals surface area (Å²) in [4.78, 5) is 9.08. The number of aromatic hydroxyl groups is 1. The van der Waals surface area contributed by atoms with Crippen LogP contribution in [-0.2, 0) is 30.4 Å². The molecule has 2 aliphatic heterocycles. The molecule has 0 radical (unpaired) electrons. The van der Waals surface area contributed by atoms with E-state index in [1.165, 1.54) is 49.2 Å². The van der Waals surface area contributed by atoms with Crippen LogP contribution in [0.2, 0.25) is 0 Å². The molecule has 11 nitrogen and oxygen atoms in total. The van der Waals surface area contributed by atoms with E-state index < -0.39 is 57.9 Å². The average molecular weight is 1580 g/mol. The van der Waals surface area contributed by atoms with E-state index in [2.05, 4.69) is 49.5 Å². The fourth-order valence-corrected chi connectivity index (χ4v) is 15.2. The predicted molar refractivity (Wildman–Crippen MR) is 383 cm³/mol. The van der Waals surface area contributed by atoms with Crippen molar-refractivity contribution in [2.45, 2.75) is 149 Å². The van der Waals surface area contributed by atoms with Gasteiger partial charge in [-0.05, 0) is 212 Å². The van der Waals surface area contributed by atoms with E-state index in [1.54, 1.807) is 6.07 Å². The average Bonchev–Trinajstić information content (AvgIpc) is 1.54. The molecule has 3 N–H and O–H groups in total. The van der Waals surface area contributed by atoms with Crippen LogP contribution >= 0.6 is 15.9 Å². The topological polar surface area (TPSA) is 111 Å². The number of alkyl halides is 10. The molecule has 12 rings (SSSR count). The van der Waals surface area contributed by atoms with E-state index in [0.717, 1.165) is 141 Å². The number of halogens is 11. The Bertz CT molecular complexity index is 3710. The third kappa shape index (κ3) is 21.2. The molecule has 2 bridgehead atoms. The smallest absolute Gasteiger partial charge is 1.00 e. The summed E-state index contributed by atoms with van der Waals surface area (Å²) in [5.41, 5.74) is -0.0397. The summed E-state index contributed by atoms with van der Waals surface area (Å²) < 4.78 is 140. The summed E-state index contributed by atoms with van der Waals surface area (Å²) >= 11 is 3.43. The van der Waals surface area contributed by atoms with Crippen molar-refractivity contribution >= 4 is 39.0 Å². The Morgan fingerprint density at radius 1 is 0.553 bits per heavy atom. The molecule has 0 amide bonds. The number of rotatable bonds is 29. The van der Waals surface area contributed by atoms with Crippen molar-refractivity contribution in [2.24, 2.45) is 5.92 Å². The second-order valence-electron chi connectivity index (χ2n) is 27.7. The second kappa shape index (κ2) is 36.8. The summed E-state index contributed by atoms with van der Waals surface area (Å²) in [5.74, 6) is 2.47. The number of aliphatic hydroxyl groups is 2. The molecule has 2 saturated carbocycles. The minimum atomic E-state index is -4.41. The molecule has 5 aliphatic rings. The van der Waals surface area contributed by atoms with Gasteiger partial charge in [-0.3, -0.25) is 4.90 Å². The molecule has 1 saturated heterocycles. The zero-order valence-corrected chi connectivity index (χ0v) is 63.2. The molecule has 3 aliphatic carbocycles. The Hall–Kier alpha value is -5.60. The molecule has 2 heterocycles. The number of ether oxygens (including phenoxy) is 4. The Balaban J connectivity index is 0.000000215. The van der Waals surface area contributed by atoms with Gasteiger partial charge < -0.3 is 72.9 Å². The SMILES string of the molecule is CN(CCCBr)CCC(Oc1ccc(C(F)(F)F)cc1)c1ccccc1.CN(CCC[C@]1(O)CC[C@@]2(O)[C@H]3Cc4ccc(O)c5c4[C@@]2(CCN3CC2CC2)C1O5)CCC(Oc1ccc(C(F)(F)F)cc1)c1ccccc1.[Br-].[CH2-]CCN(C)CCC(Oc1ccc(C(F)(F)F)cc1)c1ccccc1.[Mg+2]. The summed E-state index contributed by atoms with van der Waals surface area (Å²) in [6.07, 6.45) is -4.51. The standard InChI is InChI=1S/C40H47F3N2O5.C20H23BrF3NO.C20H23F3NO.BrH.Mg/c1-44(22-16-32(27-6-3-2-4-7-27)49-30-13-11-29(12-14-30)40(41,42)43)21-5-17-37(47)18-19-39(48)33-24-28-10-15-31(46)35-34(28)38(39,36(37)50-35)20-23-45(33)25-26-8-9-26;1-25(14-5-13-21)15-12-19(16-6-3-2-4-7-16)26-18-10-8-17(9-11-18)20(22,23)24;1-3-14-24(2)15-13-19(16-7-5-4-6-8-16)25-18-11-9-17(10-12-18)20(21,22)23;;/h2-4,6-7,10-15,26,32-33,36,46-48H,5,8-9,16-25H2,1H3;2-4,6-11,19H,5,12-15H2,1H3;4-12,19H,1,3,13-15H2,2H3;1H;/q;;-1;;+2/p-1/t32?,33-,36?,37+,38+,39-;;;;/m1..../s1. The van der Waals surface area contributed by atoms with Crippen LogP contribution in [0, 0.1) is 12.8 Å². The van der Waals surface area contributed by atoms with Gasteiger partial charge in [0.1, 0.15) is 47.3 Å². The monoisotopic (exact) mass is 1570 g/mol. The van der Waals surface area contributed by atoms with E-state index in [0.29, 0.717) is 80.5 Å². The molecule has 7 aromatic carbocycles. The number of hydrogen-bond donors (Lipinski definition) is 3. The maximum absolute atomic E-state index is 13.1. The maximum Gasteiger partial charge on any atom is 2.00 e.